The summed E-state index contributed by atoms with van der Waals surface area (Å²) in [4.78, 5) is 20.8. The third-order valence-corrected chi connectivity index (χ3v) is 1.48. The molecule has 88 valence electrons. The van der Waals surface area contributed by atoms with Gasteiger partial charge < -0.3 is 10.2 Å². The standard InChI is InChI=1S/C9H5F3O3.H2O/c10-9(11,12)15-7-3-1-6(2-4-7)8(14)5-13;/h1-5H;1H2. The van der Waals surface area contributed by atoms with Crippen molar-refractivity contribution in [2.24, 2.45) is 0 Å². The van der Waals surface area contributed by atoms with Gasteiger partial charge in [0.1, 0.15) is 5.75 Å². The van der Waals surface area contributed by atoms with Crippen LogP contribution in [0.4, 0.5) is 13.2 Å². The number of halogens is 3. The van der Waals surface area contributed by atoms with Crippen molar-refractivity contribution in [1.29, 1.82) is 0 Å². The molecule has 16 heavy (non-hydrogen) atoms. The molecule has 0 bridgehead atoms. The number of hydrogen-bond donors (Lipinski definition) is 0. The number of carbonyl (C=O) groups excluding carboxylic acids is 2. The van der Waals surface area contributed by atoms with Gasteiger partial charge in [0.2, 0.25) is 5.78 Å². The van der Waals surface area contributed by atoms with Gasteiger partial charge >= 0.3 is 6.36 Å². The molecule has 0 spiro atoms. The Morgan fingerprint density at radius 3 is 2.06 bits per heavy atom. The van der Waals surface area contributed by atoms with E-state index in [0.717, 1.165) is 24.3 Å². The van der Waals surface area contributed by atoms with Crippen LogP contribution in [0.1, 0.15) is 10.4 Å². The molecule has 0 aliphatic rings. The topological polar surface area (TPSA) is 74.9 Å². The second-order valence-electron chi connectivity index (χ2n) is 2.55. The SMILES string of the molecule is O.O=CC(=O)c1ccc(OC(F)(F)F)cc1. The Balaban J connectivity index is 0.00000225. The zero-order chi connectivity index (χ0) is 11.5. The lowest BCUT2D eigenvalue weighted by Crippen LogP contribution is -2.17. The van der Waals surface area contributed by atoms with Gasteiger partial charge in [-0.25, -0.2) is 0 Å². The molecule has 0 atom stereocenters. The quantitative estimate of drug-likeness (QED) is 0.448. The van der Waals surface area contributed by atoms with Crippen LogP contribution >= 0.6 is 0 Å². The summed E-state index contributed by atoms with van der Waals surface area (Å²) >= 11 is 0. The van der Waals surface area contributed by atoms with Crippen LogP contribution in [0.3, 0.4) is 0 Å². The molecular formula is C9H7F3O4. The van der Waals surface area contributed by atoms with Crippen LogP contribution in [0.25, 0.3) is 0 Å². The van der Waals surface area contributed by atoms with E-state index >= 15 is 0 Å². The van der Waals surface area contributed by atoms with E-state index in [9.17, 15) is 22.8 Å². The molecule has 0 unspecified atom stereocenters. The Morgan fingerprint density at radius 1 is 1.19 bits per heavy atom. The smallest absolute Gasteiger partial charge is 0.412 e. The molecule has 1 rings (SSSR count). The van der Waals surface area contributed by atoms with E-state index in [1.807, 2.05) is 0 Å². The Labute approximate surface area is 87.9 Å². The maximum atomic E-state index is 11.7. The molecule has 4 nitrogen and oxygen atoms in total. The summed E-state index contributed by atoms with van der Waals surface area (Å²) in [6.07, 6.45) is -4.68. The van der Waals surface area contributed by atoms with Gasteiger partial charge in [0, 0.05) is 5.56 Å². The molecule has 0 radical (unpaired) electrons. The number of Topliss-reactive ketones (excluding diaryl/α,β-unsaturated/α-hetero) is 1. The van der Waals surface area contributed by atoms with Gasteiger partial charge in [0.25, 0.3) is 0 Å². The van der Waals surface area contributed by atoms with E-state index in [1.54, 1.807) is 0 Å². The molecule has 0 saturated carbocycles. The van der Waals surface area contributed by atoms with Gasteiger partial charge in [-0.3, -0.25) is 9.59 Å². The van der Waals surface area contributed by atoms with Crippen molar-refractivity contribution in [3.63, 3.8) is 0 Å². The molecule has 2 N–H and O–H groups in total. The summed E-state index contributed by atoms with van der Waals surface area (Å²) in [5.41, 5.74) is 0.0134. The molecule has 0 heterocycles. The third-order valence-electron chi connectivity index (χ3n) is 1.48. The minimum atomic E-state index is -4.77. The second-order valence-corrected chi connectivity index (χ2v) is 2.55. The Morgan fingerprint density at radius 2 is 1.69 bits per heavy atom. The van der Waals surface area contributed by atoms with Crippen LogP contribution in [0.5, 0.6) is 5.75 Å². The van der Waals surface area contributed by atoms with Crippen molar-refractivity contribution in [2.75, 3.05) is 0 Å². The summed E-state index contributed by atoms with van der Waals surface area (Å²) in [6, 6.07) is 4.09. The summed E-state index contributed by atoms with van der Waals surface area (Å²) in [6.45, 7) is 0. The molecule has 0 aromatic heterocycles. The predicted octanol–water partition coefficient (Wildman–Crippen LogP) is 1.14. The van der Waals surface area contributed by atoms with Crippen LogP contribution in [0.15, 0.2) is 24.3 Å². The first-order valence-electron chi connectivity index (χ1n) is 3.78. The van der Waals surface area contributed by atoms with Crippen LogP contribution in [-0.2, 0) is 4.79 Å². The highest BCUT2D eigenvalue weighted by molar-refractivity contribution is 6.33. The Kier molecular flexibility index (Phi) is 4.64. The van der Waals surface area contributed by atoms with Crippen LogP contribution in [0.2, 0.25) is 0 Å². The molecule has 7 heteroatoms. The lowest BCUT2D eigenvalue weighted by Gasteiger charge is -2.08. The molecule has 0 fully saturated rings. The van der Waals surface area contributed by atoms with Crippen LogP contribution in [0, 0.1) is 0 Å². The van der Waals surface area contributed by atoms with Crippen molar-refractivity contribution in [3.8, 4) is 5.75 Å². The maximum absolute atomic E-state index is 11.7. The summed E-state index contributed by atoms with van der Waals surface area (Å²) < 4.78 is 38.7. The van der Waals surface area contributed by atoms with E-state index in [2.05, 4.69) is 4.74 Å². The van der Waals surface area contributed by atoms with Gasteiger partial charge in [-0.2, -0.15) is 0 Å². The molecule has 0 aliphatic carbocycles. The van der Waals surface area contributed by atoms with E-state index in [0.29, 0.717) is 0 Å². The van der Waals surface area contributed by atoms with Crippen LogP contribution in [-0.4, -0.2) is 23.9 Å². The number of aldehydes is 1. The lowest BCUT2D eigenvalue weighted by atomic mass is 10.1. The van der Waals surface area contributed by atoms with Crippen molar-refractivity contribution in [2.45, 2.75) is 6.36 Å². The third kappa shape index (κ3) is 4.09. The fraction of sp³-hybridized carbons (Fsp3) is 0.111. The number of ketones is 1. The highest BCUT2D eigenvalue weighted by Gasteiger charge is 2.30. The Bertz CT molecular complexity index is 369. The number of benzene rings is 1. The minimum Gasteiger partial charge on any atom is -0.412 e. The van der Waals surface area contributed by atoms with Crippen molar-refractivity contribution >= 4 is 12.1 Å². The predicted molar refractivity (Wildman–Crippen MR) is 47.1 cm³/mol. The zero-order valence-electron chi connectivity index (χ0n) is 7.75. The molecule has 1 aromatic rings. The van der Waals surface area contributed by atoms with Crippen molar-refractivity contribution < 1.29 is 33.0 Å². The van der Waals surface area contributed by atoms with E-state index in [-0.39, 0.29) is 17.3 Å². The zero-order valence-corrected chi connectivity index (χ0v) is 7.75. The molecular weight excluding hydrogens is 229 g/mol. The highest BCUT2D eigenvalue weighted by Crippen LogP contribution is 2.22. The summed E-state index contributed by atoms with van der Waals surface area (Å²) in [5, 5.41) is 0. The molecule has 0 aliphatic heterocycles. The first-order chi connectivity index (χ1) is 6.92. The monoisotopic (exact) mass is 236 g/mol. The van der Waals surface area contributed by atoms with E-state index in [1.165, 1.54) is 0 Å². The average Bonchev–Trinajstić information content (AvgIpc) is 2.15. The van der Waals surface area contributed by atoms with Gasteiger partial charge in [0.05, 0.1) is 0 Å². The number of alkyl halides is 3. The number of ether oxygens (including phenoxy) is 1. The fourth-order valence-corrected chi connectivity index (χ4v) is 0.889. The van der Waals surface area contributed by atoms with Crippen LogP contribution < -0.4 is 4.74 Å². The largest absolute Gasteiger partial charge is 0.573 e. The van der Waals surface area contributed by atoms with Gasteiger partial charge in [-0.1, -0.05) is 0 Å². The number of carbonyl (C=O) groups is 2. The first-order valence-corrected chi connectivity index (χ1v) is 3.78. The molecule has 1 aromatic carbocycles. The van der Waals surface area contributed by atoms with Gasteiger partial charge in [-0.15, -0.1) is 13.2 Å². The van der Waals surface area contributed by atoms with E-state index < -0.39 is 17.9 Å². The van der Waals surface area contributed by atoms with Crippen molar-refractivity contribution in [3.05, 3.63) is 29.8 Å². The van der Waals surface area contributed by atoms with Crippen molar-refractivity contribution in [1.82, 2.24) is 0 Å². The fourth-order valence-electron chi connectivity index (χ4n) is 0.889. The number of hydrogen-bond acceptors (Lipinski definition) is 3. The first kappa shape index (κ1) is 14.1. The normalized spacial score (nSPS) is 10.2. The maximum Gasteiger partial charge on any atom is 0.573 e. The molecule has 0 saturated heterocycles. The molecule has 0 amide bonds. The number of rotatable bonds is 3. The highest BCUT2D eigenvalue weighted by atomic mass is 19.4. The van der Waals surface area contributed by atoms with Gasteiger partial charge in [-0.05, 0) is 24.3 Å². The second kappa shape index (κ2) is 5.26. The lowest BCUT2D eigenvalue weighted by molar-refractivity contribution is -0.274. The summed E-state index contributed by atoms with van der Waals surface area (Å²) in [7, 11) is 0. The van der Waals surface area contributed by atoms with Gasteiger partial charge in [0.15, 0.2) is 6.29 Å². The van der Waals surface area contributed by atoms with E-state index in [4.69, 9.17) is 0 Å². The average molecular weight is 236 g/mol. The minimum absolute atomic E-state index is 0. The Hall–Kier alpha value is -1.89. The summed E-state index contributed by atoms with van der Waals surface area (Å²) in [5.74, 6) is -1.24.